The molecule has 0 aliphatic rings. The number of pyridine rings is 1. The van der Waals surface area contributed by atoms with Gasteiger partial charge in [-0.05, 0) is 11.6 Å². The van der Waals surface area contributed by atoms with E-state index in [0.29, 0.717) is 6.20 Å². The summed E-state index contributed by atoms with van der Waals surface area (Å²) in [6, 6.07) is 0. The summed E-state index contributed by atoms with van der Waals surface area (Å²) in [5.41, 5.74) is 2.22. The molecule has 0 radical (unpaired) electrons. The molecule has 2 N–H and O–H groups in total. The molecule has 0 atom stereocenters. The van der Waals surface area contributed by atoms with Crippen molar-refractivity contribution in [3.63, 3.8) is 0 Å². The number of halogens is 3. The molecule has 0 aliphatic carbocycles. The fourth-order valence-corrected chi connectivity index (χ4v) is 1.30. The minimum Gasteiger partial charge on any atom is -0.383 e. The normalized spacial score (nSPS) is 10.5. The molecule has 6 nitrogen and oxygen atoms in total. The number of rotatable bonds is 3. The van der Waals surface area contributed by atoms with Gasteiger partial charge in [-0.1, -0.05) is 0 Å². The molecule has 9 heteroatoms. The SMILES string of the molecule is Nc1ncc([N+](=O)[O-])c(C(F)F)c1C(=O)Cl. The van der Waals surface area contributed by atoms with Crippen LogP contribution in [0.3, 0.4) is 0 Å². The maximum Gasteiger partial charge on any atom is 0.297 e. The van der Waals surface area contributed by atoms with Crippen molar-refractivity contribution in [2.45, 2.75) is 6.43 Å². The fourth-order valence-electron chi connectivity index (χ4n) is 1.10. The van der Waals surface area contributed by atoms with Crippen LogP contribution in [0.15, 0.2) is 6.20 Å². The van der Waals surface area contributed by atoms with E-state index >= 15 is 0 Å². The first-order valence-electron chi connectivity index (χ1n) is 3.77. The van der Waals surface area contributed by atoms with Crippen LogP contribution in [0.4, 0.5) is 20.3 Å². The van der Waals surface area contributed by atoms with E-state index in [1.54, 1.807) is 0 Å². The zero-order valence-electron chi connectivity index (χ0n) is 7.49. The van der Waals surface area contributed by atoms with Crippen molar-refractivity contribution in [2.75, 3.05) is 5.73 Å². The van der Waals surface area contributed by atoms with Crippen molar-refractivity contribution >= 4 is 28.3 Å². The minimum absolute atomic E-state index is 0.556. The summed E-state index contributed by atoms with van der Waals surface area (Å²) in [6.45, 7) is 0. The third-order valence-corrected chi connectivity index (χ3v) is 1.93. The first kappa shape index (κ1) is 12.2. The number of anilines is 1. The Hall–Kier alpha value is -1.83. The van der Waals surface area contributed by atoms with Gasteiger partial charge in [-0.3, -0.25) is 14.9 Å². The summed E-state index contributed by atoms with van der Waals surface area (Å²) in [4.78, 5) is 23.5. The zero-order chi connectivity index (χ0) is 12.5. The molecule has 0 amide bonds. The van der Waals surface area contributed by atoms with E-state index in [4.69, 9.17) is 17.3 Å². The van der Waals surface area contributed by atoms with Gasteiger partial charge < -0.3 is 5.73 Å². The lowest BCUT2D eigenvalue weighted by Gasteiger charge is -2.07. The Morgan fingerprint density at radius 1 is 1.62 bits per heavy atom. The van der Waals surface area contributed by atoms with Crippen LogP contribution in [0.2, 0.25) is 0 Å². The molecule has 0 bridgehead atoms. The molecule has 86 valence electrons. The number of hydrogen-bond acceptors (Lipinski definition) is 5. The van der Waals surface area contributed by atoms with Crippen molar-refractivity contribution in [3.8, 4) is 0 Å². The maximum atomic E-state index is 12.6. The molecule has 0 fully saturated rings. The van der Waals surface area contributed by atoms with E-state index in [0.717, 1.165) is 0 Å². The first-order valence-corrected chi connectivity index (χ1v) is 4.14. The molecule has 0 saturated heterocycles. The van der Waals surface area contributed by atoms with Crippen molar-refractivity contribution in [2.24, 2.45) is 0 Å². The number of carbonyl (C=O) groups is 1. The van der Waals surface area contributed by atoms with E-state index in [2.05, 4.69) is 4.98 Å². The highest BCUT2D eigenvalue weighted by atomic mass is 35.5. The number of nitrogens with two attached hydrogens (primary N) is 1. The van der Waals surface area contributed by atoms with Crippen LogP contribution in [0.25, 0.3) is 0 Å². The van der Waals surface area contributed by atoms with Gasteiger partial charge in [-0.15, -0.1) is 0 Å². The Morgan fingerprint density at radius 3 is 2.56 bits per heavy atom. The number of nitro groups is 1. The molecule has 0 aliphatic heterocycles. The molecule has 0 saturated carbocycles. The van der Waals surface area contributed by atoms with Gasteiger partial charge in [0.25, 0.3) is 17.4 Å². The molecular formula is C7H4ClF2N3O3. The lowest BCUT2D eigenvalue weighted by atomic mass is 10.1. The summed E-state index contributed by atoms with van der Waals surface area (Å²) >= 11 is 5.02. The number of aromatic nitrogens is 1. The van der Waals surface area contributed by atoms with Crippen LogP contribution in [-0.2, 0) is 0 Å². The van der Waals surface area contributed by atoms with Gasteiger partial charge in [0.05, 0.1) is 10.5 Å². The third kappa shape index (κ3) is 2.06. The minimum atomic E-state index is -3.25. The Morgan fingerprint density at radius 2 is 2.19 bits per heavy atom. The van der Waals surface area contributed by atoms with Crippen LogP contribution >= 0.6 is 11.6 Å². The Labute approximate surface area is 92.2 Å². The highest BCUT2D eigenvalue weighted by molar-refractivity contribution is 6.68. The largest absolute Gasteiger partial charge is 0.383 e. The molecular weight excluding hydrogens is 248 g/mol. The molecule has 0 spiro atoms. The molecule has 1 aromatic rings. The van der Waals surface area contributed by atoms with Gasteiger partial charge in [0.15, 0.2) is 0 Å². The Bertz CT molecular complexity index is 466. The second-order valence-electron chi connectivity index (χ2n) is 2.65. The number of alkyl halides is 2. The fraction of sp³-hybridized carbons (Fsp3) is 0.143. The molecule has 1 heterocycles. The van der Waals surface area contributed by atoms with E-state index in [9.17, 15) is 23.7 Å². The lowest BCUT2D eigenvalue weighted by Crippen LogP contribution is -2.09. The number of nitrogen functional groups attached to an aromatic ring is 1. The van der Waals surface area contributed by atoms with Gasteiger partial charge >= 0.3 is 0 Å². The van der Waals surface area contributed by atoms with Crippen LogP contribution < -0.4 is 5.73 Å². The molecule has 0 aromatic carbocycles. The van der Waals surface area contributed by atoms with Gasteiger partial charge in [-0.25, -0.2) is 13.8 Å². The highest BCUT2D eigenvalue weighted by Gasteiger charge is 2.30. The Balaban J connectivity index is 3.63. The number of nitrogens with zero attached hydrogens (tertiary/aromatic N) is 2. The monoisotopic (exact) mass is 251 g/mol. The van der Waals surface area contributed by atoms with E-state index in [1.807, 2.05) is 0 Å². The van der Waals surface area contributed by atoms with Crippen LogP contribution in [0.1, 0.15) is 22.3 Å². The average Bonchev–Trinajstić information content (AvgIpc) is 2.15. The Kier molecular flexibility index (Phi) is 3.33. The molecule has 0 unspecified atom stereocenters. The van der Waals surface area contributed by atoms with Crippen molar-refractivity contribution in [3.05, 3.63) is 27.4 Å². The van der Waals surface area contributed by atoms with Gasteiger partial charge in [0.1, 0.15) is 17.6 Å². The number of hydrogen-bond donors (Lipinski definition) is 1. The molecule has 1 rings (SSSR count). The van der Waals surface area contributed by atoms with Crippen molar-refractivity contribution in [1.82, 2.24) is 4.98 Å². The van der Waals surface area contributed by atoms with Crippen molar-refractivity contribution < 1.29 is 18.5 Å². The van der Waals surface area contributed by atoms with Crippen molar-refractivity contribution in [1.29, 1.82) is 0 Å². The summed E-state index contributed by atoms with van der Waals surface area (Å²) in [6.07, 6.45) is -2.69. The van der Waals surface area contributed by atoms with Gasteiger partial charge in [0.2, 0.25) is 0 Å². The summed E-state index contributed by atoms with van der Waals surface area (Å²) < 4.78 is 25.2. The standard InChI is InChI=1S/C7H4ClF2N3O3/c8-5(14)4-3(6(9)10)2(13(15)16)1-12-7(4)11/h1,6H,(H2,11,12). The average molecular weight is 252 g/mol. The van der Waals surface area contributed by atoms with E-state index < -0.39 is 39.2 Å². The lowest BCUT2D eigenvalue weighted by molar-refractivity contribution is -0.386. The van der Waals surface area contributed by atoms with Crippen LogP contribution in [0.5, 0.6) is 0 Å². The maximum absolute atomic E-state index is 12.6. The number of carbonyl (C=O) groups excluding carboxylic acids is 1. The quantitative estimate of drug-likeness (QED) is 0.502. The predicted octanol–water partition coefficient (Wildman–Crippen LogP) is 1.89. The van der Waals surface area contributed by atoms with E-state index in [-0.39, 0.29) is 0 Å². The van der Waals surface area contributed by atoms with Crippen LogP contribution in [-0.4, -0.2) is 15.1 Å². The second kappa shape index (κ2) is 4.35. The second-order valence-corrected chi connectivity index (χ2v) is 2.99. The highest BCUT2D eigenvalue weighted by Crippen LogP contribution is 2.34. The summed E-state index contributed by atoms with van der Waals surface area (Å²) in [7, 11) is 0. The van der Waals surface area contributed by atoms with Gasteiger partial charge in [-0.2, -0.15) is 0 Å². The summed E-state index contributed by atoms with van der Waals surface area (Å²) in [5, 5.41) is 9.13. The van der Waals surface area contributed by atoms with E-state index in [1.165, 1.54) is 0 Å². The first-order chi connectivity index (χ1) is 7.36. The van der Waals surface area contributed by atoms with Crippen LogP contribution in [0, 0.1) is 10.1 Å². The predicted molar refractivity (Wildman–Crippen MR) is 50.4 cm³/mol. The summed E-state index contributed by atoms with van der Waals surface area (Å²) in [5.74, 6) is -0.569. The zero-order valence-corrected chi connectivity index (χ0v) is 8.24. The topological polar surface area (TPSA) is 99.1 Å². The molecule has 16 heavy (non-hydrogen) atoms. The van der Waals surface area contributed by atoms with Gasteiger partial charge in [0, 0.05) is 0 Å². The third-order valence-electron chi connectivity index (χ3n) is 1.74. The molecule has 1 aromatic heterocycles. The smallest absolute Gasteiger partial charge is 0.297 e.